The summed E-state index contributed by atoms with van der Waals surface area (Å²) in [5.41, 5.74) is 0.428. The molecule has 21 heavy (non-hydrogen) atoms. The Morgan fingerprint density at radius 3 is 2.81 bits per heavy atom. The molecule has 0 aromatic heterocycles. The van der Waals surface area contributed by atoms with Crippen LogP contribution < -0.4 is 14.8 Å². The van der Waals surface area contributed by atoms with Crippen molar-refractivity contribution >= 4 is 11.9 Å². The topological polar surface area (TPSA) is 91.7 Å². The lowest BCUT2D eigenvalue weighted by Gasteiger charge is -2.20. The molecule has 0 unspecified atom stereocenters. The van der Waals surface area contributed by atoms with Crippen molar-refractivity contribution in [3.05, 3.63) is 23.8 Å². The van der Waals surface area contributed by atoms with Crippen molar-refractivity contribution in [1.29, 1.82) is 5.26 Å². The number of ether oxygens (including phenoxy) is 2. The number of rotatable bonds is 4. The summed E-state index contributed by atoms with van der Waals surface area (Å²) in [5.74, 6) is 0.285. The molecule has 0 saturated carbocycles. The zero-order valence-corrected chi connectivity index (χ0v) is 11.8. The number of hydrogen-bond acceptors (Lipinski definition) is 5. The molecular formula is C14H15N3O4. The SMILES string of the molecule is COc1cc(C#N)ccc1O[C@H](C)C(=O)N1CCNC1=O. The molecule has 1 aliphatic rings. The second-order valence-electron chi connectivity index (χ2n) is 4.46. The number of imide groups is 1. The molecule has 0 radical (unpaired) electrons. The van der Waals surface area contributed by atoms with E-state index in [0.29, 0.717) is 30.2 Å². The highest BCUT2D eigenvalue weighted by Crippen LogP contribution is 2.29. The zero-order valence-electron chi connectivity index (χ0n) is 11.8. The lowest BCUT2D eigenvalue weighted by Crippen LogP contribution is -2.42. The van der Waals surface area contributed by atoms with E-state index >= 15 is 0 Å². The minimum atomic E-state index is -0.837. The zero-order chi connectivity index (χ0) is 15.4. The van der Waals surface area contributed by atoms with Crippen molar-refractivity contribution in [1.82, 2.24) is 10.2 Å². The number of methoxy groups -OCH3 is 1. The van der Waals surface area contributed by atoms with Crippen molar-refractivity contribution in [3.63, 3.8) is 0 Å². The number of nitrogens with one attached hydrogen (secondary N) is 1. The molecular weight excluding hydrogens is 274 g/mol. The summed E-state index contributed by atoms with van der Waals surface area (Å²) in [6.07, 6.45) is -0.837. The van der Waals surface area contributed by atoms with Gasteiger partial charge in [0.05, 0.1) is 18.7 Å². The first kappa shape index (κ1) is 14.7. The van der Waals surface area contributed by atoms with Crippen LogP contribution in [0.15, 0.2) is 18.2 Å². The summed E-state index contributed by atoms with van der Waals surface area (Å²) in [6, 6.07) is 6.23. The second-order valence-corrected chi connectivity index (χ2v) is 4.46. The van der Waals surface area contributed by atoms with Crippen LogP contribution in [-0.2, 0) is 4.79 Å². The minimum absolute atomic E-state index is 0.329. The predicted molar refractivity (Wildman–Crippen MR) is 72.9 cm³/mol. The molecule has 0 spiro atoms. The van der Waals surface area contributed by atoms with Crippen LogP contribution in [0.1, 0.15) is 12.5 Å². The Morgan fingerprint density at radius 1 is 1.48 bits per heavy atom. The predicted octanol–water partition coefficient (Wildman–Crippen LogP) is 0.886. The van der Waals surface area contributed by atoms with E-state index in [1.807, 2.05) is 6.07 Å². The van der Waals surface area contributed by atoms with E-state index in [9.17, 15) is 9.59 Å². The van der Waals surface area contributed by atoms with E-state index in [4.69, 9.17) is 14.7 Å². The van der Waals surface area contributed by atoms with Crippen molar-refractivity contribution in [3.8, 4) is 17.6 Å². The van der Waals surface area contributed by atoms with Gasteiger partial charge in [0.2, 0.25) is 0 Å². The number of urea groups is 1. The van der Waals surface area contributed by atoms with Crippen LogP contribution in [0.3, 0.4) is 0 Å². The van der Waals surface area contributed by atoms with Gasteiger partial charge in [0, 0.05) is 19.2 Å². The van der Waals surface area contributed by atoms with Gasteiger partial charge >= 0.3 is 6.03 Å². The van der Waals surface area contributed by atoms with Gasteiger partial charge in [0.15, 0.2) is 17.6 Å². The van der Waals surface area contributed by atoms with E-state index in [1.54, 1.807) is 19.1 Å². The molecule has 1 aliphatic heterocycles. The smallest absolute Gasteiger partial charge is 0.324 e. The Morgan fingerprint density at radius 2 is 2.24 bits per heavy atom. The van der Waals surface area contributed by atoms with E-state index in [2.05, 4.69) is 5.32 Å². The van der Waals surface area contributed by atoms with Crippen LogP contribution in [0, 0.1) is 11.3 Å². The molecule has 0 aliphatic carbocycles. The van der Waals surface area contributed by atoms with Crippen LogP contribution in [-0.4, -0.2) is 43.1 Å². The maximum Gasteiger partial charge on any atom is 0.324 e. The molecule has 2 rings (SSSR count). The van der Waals surface area contributed by atoms with Crippen LogP contribution in [0.25, 0.3) is 0 Å². The summed E-state index contributed by atoms with van der Waals surface area (Å²) in [6.45, 7) is 2.33. The van der Waals surface area contributed by atoms with Crippen molar-refractivity contribution in [2.24, 2.45) is 0 Å². The van der Waals surface area contributed by atoms with E-state index in [1.165, 1.54) is 13.2 Å². The van der Waals surface area contributed by atoms with E-state index < -0.39 is 18.0 Å². The molecule has 1 heterocycles. The fourth-order valence-corrected chi connectivity index (χ4v) is 1.98. The standard InChI is InChI=1S/C14H15N3O4/c1-9(13(18)17-6-5-16-14(17)19)21-11-4-3-10(8-15)7-12(11)20-2/h3-4,7,9H,5-6H2,1-2H3,(H,16,19)/t9-/m1/s1. The van der Waals surface area contributed by atoms with Crippen LogP contribution in [0.2, 0.25) is 0 Å². The largest absolute Gasteiger partial charge is 0.493 e. The maximum atomic E-state index is 12.1. The molecule has 7 heteroatoms. The van der Waals surface area contributed by atoms with Crippen molar-refractivity contribution < 1.29 is 19.1 Å². The quantitative estimate of drug-likeness (QED) is 0.888. The van der Waals surface area contributed by atoms with Crippen molar-refractivity contribution in [2.75, 3.05) is 20.2 Å². The average Bonchev–Trinajstić information content (AvgIpc) is 2.92. The molecule has 1 aromatic carbocycles. The molecule has 0 bridgehead atoms. The fraction of sp³-hybridized carbons (Fsp3) is 0.357. The average molecular weight is 289 g/mol. The molecule has 1 atom stereocenters. The van der Waals surface area contributed by atoms with Gasteiger partial charge in [-0.1, -0.05) is 0 Å². The maximum absolute atomic E-state index is 12.1. The van der Waals surface area contributed by atoms with Gasteiger partial charge in [-0.2, -0.15) is 5.26 Å². The number of nitrogens with zero attached hydrogens (tertiary/aromatic N) is 2. The third-order valence-corrected chi connectivity index (χ3v) is 3.07. The number of carbonyl (C=O) groups is 2. The lowest BCUT2D eigenvalue weighted by atomic mass is 10.2. The van der Waals surface area contributed by atoms with Gasteiger partial charge in [0.1, 0.15) is 0 Å². The normalized spacial score (nSPS) is 15.1. The summed E-state index contributed by atoms with van der Waals surface area (Å²) >= 11 is 0. The highest BCUT2D eigenvalue weighted by Gasteiger charge is 2.31. The number of hydrogen-bond donors (Lipinski definition) is 1. The van der Waals surface area contributed by atoms with E-state index in [0.717, 1.165) is 4.90 Å². The van der Waals surface area contributed by atoms with Crippen LogP contribution in [0.5, 0.6) is 11.5 Å². The molecule has 1 aromatic rings. The third kappa shape index (κ3) is 3.05. The first-order chi connectivity index (χ1) is 10.1. The van der Waals surface area contributed by atoms with Gasteiger partial charge < -0.3 is 14.8 Å². The Kier molecular flexibility index (Phi) is 4.28. The van der Waals surface area contributed by atoms with Crippen LogP contribution >= 0.6 is 0 Å². The second kappa shape index (κ2) is 6.13. The molecule has 1 N–H and O–H groups in total. The fourth-order valence-electron chi connectivity index (χ4n) is 1.98. The minimum Gasteiger partial charge on any atom is -0.493 e. The first-order valence-corrected chi connectivity index (χ1v) is 6.41. The van der Waals surface area contributed by atoms with Gasteiger partial charge in [-0.05, 0) is 19.1 Å². The summed E-state index contributed by atoms with van der Waals surface area (Å²) in [7, 11) is 1.45. The summed E-state index contributed by atoms with van der Waals surface area (Å²) in [5, 5.41) is 11.4. The number of benzene rings is 1. The van der Waals surface area contributed by atoms with Gasteiger partial charge in [-0.15, -0.1) is 0 Å². The Balaban J connectivity index is 2.12. The van der Waals surface area contributed by atoms with Gasteiger partial charge in [0.25, 0.3) is 5.91 Å². The van der Waals surface area contributed by atoms with E-state index in [-0.39, 0.29) is 0 Å². The first-order valence-electron chi connectivity index (χ1n) is 6.41. The molecule has 3 amide bonds. The monoisotopic (exact) mass is 289 g/mol. The highest BCUT2D eigenvalue weighted by molar-refractivity contribution is 5.97. The van der Waals surface area contributed by atoms with Gasteiger partial charge in [-0.25, -0.2) is 4.79 Å². The molecule has 1 saturated heterocycles. The Hall–Kier alpha value is -2.75. The van der Waals surface area contributed by atoms with Gasteiger partial charge in [-0.3, -0.25) is 9.69 Å². The summed E-state index contributed by atoms with van der Waals surface area (Å²) in [4.78, 5) is 24.7. The Labute approximate surface area is 122 Å². The van der Waals surface area contributed by atoms with Crippen molar-refractivity contribution in [2.45, 2.75) is 13.0 Å². The molecule has 7 nitrogen and oxygen atoms in total. The summed E-state index contributed by atoms with van der Waals surface area (Å²) < 4.78 is 10.7. The third-order valence-electron chi connectivity index (χ3n) is 3.07. The number of nitriles is 1. The highest BCUT2D eigenvalue weighted by atomic mass is 16.5. The Bertz CT molecular complexity index is 609. The van der Waals surface area contributed by atoms with Crippen LogP contribution in [0.4, 0.5) is 4.79 Å². The lowest BCUT2D eigenvalue weighted by molar-refractivity contribution is -0.134. The number of amides is 3. The number of carbonyl (C=O) groups excluding carboxylic acids is 2. The molecule has 1 fully saturated rings. The molecule has 110 valence electrons.